The third-order valence-corrected chi connectivity index (χ3v) is 6.75. The first-order chi connectivity index (χ1) is 13.3. The van der Waals surface area contributed by atoms with Gasteiger partial charge in [-0.25, -0.2) is 4.98 Å². The third-order valence-electron chi connectivity index (χ3n) is 4.49. The van der Waals surface area contributed by atoms with Gasteiger partial charge < -0.3 is 10.3 Å². The maximum atomic E-state index is 12.5. The first-order valence-corrected chi connectivity index (χ1v) is 10.7. The van der Waals surface area contributed by atoms with E-state index in [2.05, 4.69) is 15.3 Å². The fourth-order valence-corrected chi connectivity index (χ4v) is 4.58. The van der Waals surface area contributed by atoms with Crippen molar-refractivity contribution in [2.75, 3.05) is 5.32 Å². The summed E-state index contributed by atoms with van der Waals surface area (Å²) >= 11 is 2.88. The lowest BCUT2D eigenvalue weighted by Crippen LogP contribution is -2.24. The number of carbonyl (C=O) groups is 2. The molecule has 0 spiro atoms. The average Bonchev–Trinajstić information content (AvgIpc) is 2.94. The second-order valence-electron chi connectivity index (χ2n) is 6.52. The molecule has 0 bridgehead atoms. The number of carbonyl (C=O) groups excluding carboxylic acids is 2. The van der Waals surface area contributed by atoms with Crippen molar-refractivity contribution in [2.24, 2.45) is 0 Å². The molecule has 0 saturated heterocycles. The number of hydrogen-bond donors (Lipinski definition) is 2. The molecule has 28 heavy (non-hydrogen) atoms. The van der Waals surface area contributed by atoms with Gasteiger partial charge in [0.25, 0.3) is 5.56 Å². The molecule has 1 aromatic carbocycles. The van der Waals surface area contributed by atoms with Crippen LogP contribution < -0.4 is 10.9 Å². The second kappa shape index (κ2) is 8.28. The number of rotatable bonds is 6. The van der Waals surface area contributed by atoms with Gasteiger partial charge >= 0.3 is 0 Å². The molecule has 146 valence electrons. The summed E-state index contributed by atoms with van der Waals surface area (Å²) in [6.07, 6.45) is 0. The van der Waals surface area contributed by atoms with Crippen LogP contribution in [0, 0.1) is 13.8 Å². The van der Waals surface area contributed by atoms with Crippen LogP contribution in [0.5, 0.6) is 0 Å². The number of H-pyrrole nitrogens is 1. The molecule has 2 aromatic heterocycles. The molecule has 2 N–H and O–H groups in total. The Morgan fingerprint density at radius 3 is 2.71 bits per heavy atom. The number of Topliss-reactive ketones (excluding diaryl/α,β-unsaturated/α-hetero) is 1. The maximum absolute atomic E-state index is 12.5. The van der Waals surface area contributed by atoms with Gasteiger partial charge in [-0.1, -0.05) is 12.1 Å². The van der Waals surface area contributed by atoms with Crippen LogP contribution in [0.25, 0.3) is 10.2 Å². The molecule has 6 nitrogen and oxygen atoms in total. The van der Waals surface area contributed by atoms with E-state index in [1.165, 1.54) is 30.0 Å². The summed E-state index contributed by atoms with van der Waals surface area (Å²) in [5, 5.41) is 3.07. The van der Waals surface area contributed by atoms with Gasteiger partial charge in [0.2, 0.25) is 5.91 Å². The highest BCUT2D eigenvalue weighted by atomic mass is 32.2. The van der Waals surface area contributed by atoms with E-state index in [-0.39, 0.29) is 22.5 Å². The van der Waals surface area contributed by atoms with E-state index in [4.69, 9.17) is 0 Å². The van der Waals surface area contributed by atoms with Crippen molar-refractivity contribution < 1.29 is 9.59 Å². The highest BCUT2D eigenvalue weighted by Crippen LogP contribution is 2.27. The van der Waals surface area contributed by atoms with Crippen molar-refractivity contribution in [1.82, 2.24) is 9.97 Å². The standard InChI is InChI=1S/C20H21N3O3S2/c1-10-12(3)28-20-17(10)19(26)22-16(23-20)9-27-13(4)18(25)21-15-8-6-5-7-14(15)11(2)24/h5-8,13H,9H2,1-4H3,(H,21,25)(H,22,23,26). The van der Waals surface area contributed by atoms with E-state index in [0.29, 0.717) is 28.2 Å². The molecule has 0 aliphatic heterocycles. The Kier molecular flexibility index (Phi) is 6.00. The minimum absolute atomic E-state index is 0.104. The van der Waals surface area contributed by atoms with Gasteiger partial charge in [-0.05, 0) is 45.4 Å². The van der Waals surface area contributed by atoms with Crippen molar-refractivity contribution in [1.29, 1.82) is 0 Å². The number of benzene rings is 1. The summed E-state index contributed by atoms with van der Waals surface area (Å²) < 4.78 is 0. The molecule has 2 heterocycles. The lowest BCUT2D eigenvalue weighted by atomic mass is 10.1. The first-order valence-electron chi connectivity index (χ1n) is 8.79. The number of thioether (sulfide) groups is 1. The number of aromatic amines is 1. The summed E-state index contributed by atoms with van der Waals surface area (Å²) in [5.41, 5.74) is 1.80. The van der Waals surface area contributed by atoms with Crippen molar-refractivity contribution in [2.45, 2.75) is 38.7 Å². The molecule has 0 aliphatic carbocycles. The molecular weight excluding hydrogens is 394 g/mol. The molecule has 1 atom stereocenters. The van der Waals surface area contributed by atoms with E-state index in [1.54, 1.807) is 31.2 Å². The Morgan fingerprint density at radius 2 is 2.00 bits per heavy atom. The molecule has 8 heteroatoms. The third kappa shape index (κ3) is 4.18. The molecule has 0 saturated carbocycles. The van der Waals surface area contributed by atoms with Crippen molar-refractivity contribution in [3.8, 4) is 0 Å². The van der Waals surface area contributed by atoms with E-state index in [9.17, 15) is 14.4 Å². The highest BCUT2D eigenvalue weighted by Gasteiger charge is 2.18. The summed E-state index contributed by atoms with van der Waals surface area (Å²) in [5.74, 6) is 0.648. The quantitative estimate of drug-likeness (QED) is 0.592. The average molecular weight is 416 g/mol. The van der Waals surface area contributed by atoms with Crippen molar-refractivity contribution in [3.05, 3.63) is 56.4 Å². The van der Waals surface area contributed by atoms with Crippen LogP contribution in [-0.2, 0) is 10.5 Å². The second-order valence-corrected chi connectivity index (χ2v) is 9.05. The predicted molar refractivity (Wildman–Crippen MR) is 116 cm³/mol. The zero-order chi connectivity index (χ0) is 20.4. The maximum Gasteiger partial charge on any atom is 0.259 e. The van der Waals surface area contributed by atoms with E-state index in [0.717, 1.165) is 15.3 Å². The Labute approximate surface area is 170 Å². The zero-order valence-electron chi connectivity index (χ0n) is 16.1. The molecule has 3 rings (SSSR count). The Bertz CT molecular complexity index is 1120. The van der Waals surface area contributed by atoms with Crippen LogP contribution >= 0.6 is 23.1 Å². The van der Waals surface area contributed by atoms with Crippen LogP contribution in [0.2, 0.25) is 0 Å². The fraction of sp³-hybridized carbons (Fsp3) is 0.300. The summed E-state index contributed by atoms with van der Waals surface area (Å²) in [7, 11) is 0. The lowest BCUT2D eigenvalue weighted by molar-refractivity contribution is -0.115. The minimum atomic E-state index is -0.382. The van der Waals surface area contributed by atoms with Gasteiger partial charge in [0, 0.05) is 10.4 Å². The van der Waals surface area contributed by atoms with Gasteiger partial charge in [0.1, 0.15) is 10.7 Å². The number of nitrogens with one attached hydrogen (secondary N) is 2. The number of fused-ring (bicyclic) bond motifs is 1. The number of nitrogens with zero attached hydrogens (tertiary/aromatic N) is 1. The fourth-order valence-electron chi connectivity index (χ4n) is 2.78. The van der Waals surface area contributed by atoms with Gasteiger partial charge in [-0.3, -0.25) is 14.4 Å². The normalized spacial score (nSPS) is 12.1. The number of aryl methyl sites for hydroxylation is 2. The van der Waals surface area contributed by atoms with Crippen LogP contribution in [0.15, 0.2) is 29.1 Å². The number of aromatic nitrogens is 2. The highest BCUT2D eigenvalue weighted by molar-refractivity contribution is 7.99. The van der Waals surface area contributed by atoms with E-state index >= 15 is 0 Å². The van der Waals surface area contributed by atoms with Gasteiger partial charge in [0.15, 0.2) is 5.78 Å². The topological polar surface area (TPSA) is 91.9 Å². The van der Waals surface area contributed by atoms with Crippen molar-refractivity contribution >= 4 is 50.7 Å². The summed E-state index contributed by atoms with van der Waals surface area (Å²) in [6.45, 7) is 7.15. The van der Waals surface area contributed by atoms with Crippen molar-refractivity contribution in [3.63, 3.8) is 0 Å². The Balaban J connectivity index is 1.69. The molecule has 1 unspecified atom stereocenters. The molecule has 3 aromatic rings. The smallest absolute Gasteiger partial charge is 0.259 e. The molecule has 0 radical (unpaired) electrons. The number of amides is 1. The first kappa shape index (κ1) is 20.3. The predicted octanol–water partition coefficient (Wildman–Crippen LogP) is 4.06. The number of para-hydroxylation sites is 1. The van der Waals surface area contributed by atoms with Crippen LogP contribution in [-0.4, -0.2) is 26.9 Å². The number of anilines is 1. The molecule has 1 amide bonds. The number of thiophene rings is 1. The van der Waals surface area contributed by atoms with E-state index < -0.39 is 0 Å². The van der Waals surface area contributed by atoms with E-state index in [1.807, 2.05) is 13.8 Å². The van der Waals surface area contributed by atoms with Gasteiger partial charge in [0.05, 0.1) is 22.1 Å². The van der Waals surface area contributed by atoms with Crippen LogP contribution in [0.1, 0.15) is 40.5 Å². The van der Waals surface area contributed by atoms with Gasteiger partial charge in [-0.2, -0.15) is 0 Å². The number of hydrogen-bond acceptors (Lipinski definition) is 6. The largest absolute Gasteiger partial charge is 0.324 e. The van der Waals surface area contributed by atoms with Gasteiger partial charge in [-0.15, -0.1) is 23.1 Å². The van der Waals surface area contributed by atoms with Crippen LogP contribution in [0.4, 0.5) is 5.69 Å². The number of ketones is 1. The molecule has 0 fully saturated rings. The van der Waals surface area contributed by atoms with Crippen LogP contribution in [0.3, 0.4) is 0 Å². The molecule has 0 aliphatic rings. The summed E-state index contributed by atoms with van der Waals surface area (Å²) in [4.78, 5) is 45.7. The Morgan fingerprint density at radius 1 is 1.29 bits per heavy atom. The lowest BCUT2D eigenvalue weighted by Gasteiger charge is -2.13. The zero-order valence-corrected chi connectivity index (χ0v) is 17.7. The molecular formula is C20H21N3O3S2. The SMILES string of the molecule is CC(=O)c1ccccc1NC(=O)C(C)SCc1nc2sc(C)c(C)c2c(=O)[nH]1. The Hall–Kier alpha value is -2.45. The monoisotopic (exact) mass is 415 g/mol. The summed E-state index contributed by atoms with van der Waals surface area (Å²) in [6, 6.07) is 6.93. The minimum Gasteiger partial charge on any atom is -0.324 e.